The Hall–Kier alpha value is -0.590. The van der Waals surface area contributed by atoms with Gasteiger partial charge in [0, 0.05) is 0 Å². The second-order valence-electron chi connectivity index (χ2n) is 4.98. The lowest BCUT2D eigenvalue weighted by molar-refractivity contribution is -0.112. The van der Waals surface area contributed by atoms with Gasteiger partial charge in [-0.25, -0.2) is 0 Å². The fraction of sp³-hybridized carbons (Fsp3) is 0.812. The molecule has 0 amide bonds. The third kappa shape index (κ3) is 15.4. The minimum atomic E-state index is 0.164. The van der Waals surface area contributed by atoms with Crippen molar-refractivity contribution in [1.29, 1.82) is 0 Å². The lowest BCUT2D eigenvalue weighted by Gasteiger charge is -2.01. The molecule has 100 valence electrons. The highest BCUT2D eigenvalue weighted by molar-refractivity contribution is 5.87. The normalized spacial score (nSPS) is 11.2. The molecule has 0 N–H and O–H groups in total. The lowest BCUT2D eigenvalue weighted by Crippen LogP contribution is -1.82. The Bertz CT molecular complexity index is 194. The van der Waals surface area contributed by atoms with E-state index in [1.165, 1.54) is 64.2 Å². The van der Waals surface area contributed by atoms with Gasteiger partial charge < -0.3 is 0 Å². The summed E-state index contributed by atoms with van der Waals surface area (Å²) in [5.41, 5.74) is 0. The Morgan fingerprint density at radius 2 is 1.29 bits per heavy atom. The van der Waals surface area contributed by atoms with Crippen molar-refractivity contribution in [2.45, 2.75) is 84.5 Å². The van der Waals surface area contributed by atoms with Gasteiger partial charge in [0.1, 0.15) is 0 Å². The highest BCUT2D eigenvalue weighted by Crippen LogP contribution is 2.11. The first kappa shape index (κ1) is 16.4. The summed E-state index contributed by atoms with van der Waals surface area (Å²) in [6.07, 6.45) is 18.5. The van der Waals surface area contributed by atoms with Crippen LogP contribution in [0, 0.1) is 0 Å². The molecule has 1 nitrogen and oxygen atoms in total. The molecule has 0 atom stereocenters. The van der Waals surface area contributed by atoms with Crippen molar-refractivity contribution in [1.82, 2.24) is 0 Å². The third-order valence-electron chi connectivity index (χ3n) is 3.08. The zero-order chi connectivity index (χ0) is 12.8. The first-order valence-electron chi connectivity index (χ1n) is 7.44. The summed E-state index contributed by atoms with van der Waals surface area (Å²) in [5, 5.41) is 0. The van der Waals surface area contributed by atoms with E-state index in [9.17, 15) is 4.79 Å². The van der Waals surface area contributed by atoms with Gasteiger partial charge in [-0.15, -0.1) is 0 Å². The molecule has 0 saturated heterocycles. The van der Waals surface area contributed by atoms with Crippen molar-refractivity contribution in [2.24, 2.45) is 0 Å². The van der Waals surface area contributed by atoms with Crippen molar-refractivity contribution in [3.05, 3.63) is 12.2 Å². The summed E-state index contributed by atoms with van der Waals surface area (Å²) in [4.78, 5) is 10.6. The van der Waals surface area contributed by atoms with Crippen molar-refractivity contribution >= 4 is 5.78 Å². The van der Waals surface area contributed by atoms with Gasteiger partial charge in [0.05, 0.1) is 0 Å². The summed E-state index contributed by atoms with van der Waals surface area (Å²) in [6, 6.07) is 0. The Morgan fingerprint density at radius 3 is 1.76 bits per heavy atom. The predicted octanol–water partition coefficient (Wildman–Crippen LogP) is 5.44. The van der Waals surface area contributed by atoms with E-state index in [4.69, 9.17) is 0 Å². The first-order valence-corrected chi connectivity index (χ1v) is 7.44. The molecule has 0 spiro atoms. The van der Waals surface area contributed by atoms with Crippen LogP contribution < -0.4 is 0 Å². The molecule has 0 radical (unpaired) electrons. The van der Waals surface area contributed by atoms with E-state index in [-0.39, 0.29) is 5.78 Å². The number of allylic oxidation sites excluding steroid dienone is 2. The largest absolute Gasteiger partial charge is 0.295 e. The van der Waals surface area contributed by atoms with E-state index in [0.717, 1.165) is 6.42 Å². The Balaban J connectivity index is 3.01. The van der Waals surface area contributed by atoms with E-state index < -0.39 is 0 Å². The summed E-state index contributed by atoms with van der Waals surface area (Å²) in [5.74, 6) is 0.164. The summed E-state index contributed by atoms with van der Waals surface area (Å²) < 4.78 is 0. The summed E-state index contributed by atoms with van der Waals surface area (Å²) in [6.45, 7) is 3.87. The standard InChI is InChI=1S/C16H30O/c1-3-4-5-6-7-8-9-10-11-12-13-14-15-16(2)17/h14-15H,3-13H2,1-2H3/b15-14+. The van der Waals surface area contributed by atoms with Crippen LogP contribution in [-0.2, 0) is 4.79 Å². The number of unbranched alkanes of at least 4 members (excludes halogenated alkanes) is 10. The van der Waals surface area contributed by atoms with Crippen LogP contribution in [0.1, 0.15) is 84.5 Å². The van der Waals surface area contributed by atoms with Crippen molar-refractivity contribution in [2.75, 3.05) is 0 Å². The molecule has 0 aromatic carbocycles. The van der Waals surface area contributed by atoms with Crippen LogP contribution in [0.4, 0.5) is 0 Å². The Kier molecular flexibility index (Phi) is 13.0. The number of rotatable bonds is 12. The molecule has 0 aromatic rings. The Morgan fingerprint density at radius 1 is 0.824 bits per heavy atom. The summed E-state index contributed by atoms with van der Waals surface area (Å²) >= 11 is 0. The van der Waals surface area contributed by atoms with Crippen LogP contribution in [0.5, 0.6) is 0 Å². The molecule has 0 rings (SSSR count). The van der Waals surface area contributed by atoms with Gasteiger partial charge in [-0.1, -0.05) is 70.8 Å². The van der Waals surface area contributed by atoms with Crippen molar-refractivity contribution in [3.8, 4) is 0 Å². The molecular formula is C16H30O. The van der Waals surface area contributed by atoms with Gasteiger partial charge in [0.2, 0.25) is 0 Å². The molecule has 0 fully saturated rings. The van der Waals surface area contributed by atoms with Gasteiger partial charge in [-0.3, -0.25) is 4.79 Å². The second kappa shape index (κ2) is 13.5. The van der Waals surface area contributed by atoms with Gasteiger partial charge in [0.15, 0.2) is 5.78 Å². The molecule has 0 bridgehead atoms. The zero-order valence-electron chi connectivity index (χ0n) is 11.8. The van der Waals surface area contributed by atoms with E-state index in [2.05, 4.69) is 6.92 Å². The monoisotopic (exact) mass is 238 g/mol. The van der Waals surface area contributed by atoms with Crippen LogP contribution in [-0.4, -0.2) is 5.78 Å². The van der Waals surface area contributed by atoms with Gasteiger partial charge >= 0.3 is 0 Å². The van der Waals surface area contributed by atoms with Crippen molar-refractivity contribution < 1.29 is 4.79 Å². The average Bonchev–Trinajstić information content (AvgIpc) is 2.30. The molecule has 0 aliphatic heterocycles. The summed E-state index contributed by atoms with van der Waals surface area (Å²) in [7, 11) is 0. The maximum absolute atomic E-state index is 10.6. The molecule has 0 saturated carbocycles. The minimum Gasteiger partial charge on any atom is -0.295 e. The molecule has 0 aromatic heterocycles. The smallest absolute Gasteiger partial charge is 0.152 e. The van der Waals surface area contributed by atoms with Crippen LogP contribution in [0.15, 0.2) is 12.2 Å². The fourth-order valence-corrected chi connectivity index (χ4v) is 2.00. The van der Waals surface area contributed by atoms with E-state index in [1.807, 2.05) is 6.08 Å². The van der Waals surface area contributed by atoms with Crippen LogP contribution in [0.3, 0.4) is 0 Å². The quantitative estimate of drug-likeness (QED) is 0.327. The van der Waals surface area contributed by atoms with Gasteiger partial charge in [-0.05, 0) is 25.8 Å². The van der Waals surface area contributed by atoms with Gasteiger partial charge in [0.25, 0.3) is 0 Å². The average molecular weight is 238 g/mol. The van der Waals surface area contributed by atoms with E-state index in [0.29, 0.717) is 0 Å². The van der Waals surface area contributed by atoms with Crippen LogP contribution >= 0.6 is 0 Å². The minimum absolute atomic E-state index is 0.164. The maximum Gasteiger partial charge on any atom is 0.152 e. The number of hydrogen-bond donors (Lipinski definition) is 0. The Labute approximate surface area is 108 Å². The lowest BCUT2D eigenvalue weighted by atomic mass is 10.1. The van der Waals surface area contributed by atoms with Crippen LogP contribution in [0.2, 0.25) is 0 Å². The molecule has 0 aliphatic rings. The second-order valence-corrected chi connectivity index (χ2v) is 4.98. The molecule has 0 heterocycles. The number of carbonyl (C=O) groups excluding carboxylic acids is 1. The van der Waals surface area contributed by atoms with E-state index >= 15 is 0 Å². The highest BCUT2D eigenvalue weighted by Gasteiger charge is 1.91. The third-order valence-corrected chi connectivity index (χ3v) is 3.08. The predicted molar refractivity (Wildman–Crippen MR) is 76.3 cm³/mol. The SMILES string of the molecule is CCCCCCCCCCCC/C=C/C(C)=O. The van der Waals surface area contributed by atoms with Gasteiger partial charge in [-0.2, -0.15) is 0 Å². The number of hydrogen-bond acceptors (Lipinski definition) is 1. The molecule has 0 unspecified atom stereocenters. The molecular weight excluding hydrogens is 208 g/mol. The molecule has 0 aliphatic carbocycles. The maximum atomic E-state index is 10.6. The zero-order valence-corrected chi connectivity index (χ0v) is 11.8. The first-order chi connectivity index (χ1) is 8.27. The fourth-order valence-electron chi connectivity index (χ4n) is 2.00. The number of carbonyl (C=O) groups is 1. The molecule has 1 heteroatoms. The van der Waals surface area contributed by atoms with Crippen LogP contribution in [0.25, 0.3) is 0 Å². The number of ketones is 1. The topological polar surface area (TPSA) is 17.1 Å². The molecule has 17 heavy (non-hydrogen) atoms. The van der Waals surface area contributed by atoms with E-state index in [1.54, 1.807) is 13.0 Å². The highest BCUT2D eigenvalue weighted by atomic mass is 16.1. The van der Waals surface area contributed by atoms with Crippen molar-refractivity contribution in [3.63, 3.8) is 0 Å².